The third kappa shape index (κ3) is 4.45. The van der Waals surface area contributed by atoms with Crippen molar-refractivity contribution >= 4 is 38.3 Å². The molecule has 6 nitrogen and oxygen atoms in total. The van der Waals surface area contributed by atoms with E-state index in [-0.39, 0.29) is 23.9 Å². The Morgan fingerprint density at radius 3 is 2.35 bits per heavy atom. The van der Waals surface area contributed by atoms with Crippen LogP contribution in [0.2, 0.25) is 5.02 Å². The summed E-state index contributed by atoms with van der Waals surface area (Å²) in [6.45, 7) is 3.35. The first kappa shape index (κ1) is 23.3. The first-order valence-electron chi connectivity index (χ1n) is 11.5. The van der Waals surface area contributed by atoms with Gasteiger partial charge in [-0.15, -0.1) is 0 Å². The van der Waals surface area contributed by atoms with Gasteiger partial charge in [0.1, 0.15) is 6.54 Å². The van der Waals surface area contributed by atoms with E-state index in [1.807, 2.05) is 24.3 Å². The molecule has 1 amide bonds. The molecule has 8 heteroatoms. The fourth-order valence-corrected chi connectivity index (χ4v) is 6.57. The number of carbonyl (C=O) groups excluding carboxylic acids is 1. The number of carbonyl (C=O) groups is 1. The number of rotatable bonds is 3. The van der Waals surface area contributed by atoms with E-state index < -0.39 is 10.0 Å². The van der Waals surface area contributed by atoms with Crippen LogP contribution in [0.25, 0.3) is 10.8 Å². The topological polar surface area (TPSA) is 57.7 Å². The third-order valence-corrected chi connectivity index (χ3v) is 9.11. The maximum atomic E-state index is 13.3. The van der Waals surface area contributed by atoms with Gasteiger partial charge in [-0.2, -0.15) is 4.31 Å². The van der Waals surface area contributed by atoms with Gasteiger partial charge >= 0.3 is 0 Å². The van der Waals surface area contributed by atoms with E-state index in [9.17, 15) is 13.2 Å². The highest BCUT2D eigenvalue weighted by atomic mass is 35.5. The fourth-order valence-electron chi connectivity index (χ4n) is 4.93. The van der Waals surface area contributed by atoms with E-state index in [1.165, 1.54) is 15.4 Å². The van der Waals surface area contributed by atoms with E-state index >= 15 is 0 Å². The maximum Gasteiger partial charge on any atom is 0.253 e. The molecule has 178 valence electrons. The molecule has 5 rings (SSSR count). The zero-order chi connectivity index (χ0) is 24.1. The van der Waals surface area contributed by atoms with Crippen molar-refractivity contribution in [3.8, 4) is 0 Å². The highest BCUT2D eigenvalue weighted by Gasteiger charge is 2.31. The second-order valence-corrected chi connectivity index (χ2v) is 12.3. The molecule has 0 aliphatic carbocycles. The van der Waals surface area contributed by atoms with Gasteiger partial charge in [0.2, 0.25) is 10.0 Å². The Kier molecular flexibility index (Phi) is 5.92. The Morgan fingerprint density at radius 2 is 1.59 bits per heavy atom. The number of sulfonamides is 1. The van der Waals surface area contributed by atoms with Crippen LogP contribution in [-0.4, -0.2) is 74.8 Å². The van der Waals surface area contributed by atoms with Crippen LogP contribution >= 0.6 is 11.6 Å². The summed E-state index contributed by atoms with van der Waals surface area (Å²) in [6, 6.07) is 16.5. The van der Waals surface area contributed by atoms with Gasteiger partial charge in [-0.05, 0) is 52.7 Å². The van der Waals surface area contributed by atoms with Gasteiger partial charge in [-0.25, -0.2) is 8.42 Å². The van der Waals surface area contributed by atoms with Crippen LogP contribution in [0.4, 0.5) is 0 Å². The van der Waals surface area contributed by atoms with Gasteiger partial charge < -0.3 is 9.38 Å². The standard InChI is InChI=1S/C26H29ClN3O3S/c1-30(2)14-9-21-15-22(3-4-23(21)18-30)26(31)28-10-12-29(13-11-28)34(32,33)25-8-6-19-16-24(27)7-5-20(19)17-25/h3-8,15-17H,9-14,18H2,1-2H3/q+1. The number of nitrogens with zero attached hydrogens (tertiary/aromatic N) is 3. The third-order valence-electron chi connectivity index (χ3n) is 6.98. The van der Waals surface area contributed by atoms with Crippen LogP contribution in [0.5, 0.6) is 0 Å². The van der Waals surface area contributed by atoms with Crippen molar-refractivity contribution in [2.45, 2.75) is 17.9 Å². The Morgan fingerprint density at radius 1 is 0.882 bits per heavy atom. The Balaban J connectivity index is 1.28. The summed E-state index contributed by atoms with van der Waals surface area (Å²) in [5.41, 5.74) is 3.25. The molecule has 0 N–H and O–H groups in total. The number of piperazine rings is 1. The summed E-state index contributed by atoms with van der Waals surface area (Å²) in [5.74, 6) is -0.0262. The van der Waals surface area contributed by atoms with Crippen molar-refractivity contribution in [1.82, 2.24) is 9.21 Å². The van der Waals surface area contributed by atoms with E-state index in [0.29, 0.717) is 23.7 Å². The van der Waals surface area contributed by atoms with Gasteiger partial charge in [-0.1, -0.05) is 29.8 Å². The number of hydrogen-bond acceptors (Lipinski definition) is 3. The Hall–Kier alpha value is -2.45. The quantitative estimate of drug-likeness (QED) is 0.516. The zero-order valence-corrected chi connectivity index (χ0v) is 21.1. The summed E-state index contributed by atoms with van der Waals surface area (Å²) in [7, 11) is 0.811. The zero-order valence-electron chi connectivity index (χ0n) is 19.5. The molecular formula is C26H29ClN3O3S+. The molecule has 34 heavy (non-hydrogen) atoms. The number of halogens is 1. The number of amides is 1. The summed E-state index contributed by atoms with van der Waals surface area (Å²) >= 11 is 6.04. The first-order chi connectivity index (χ1) is 16.1. The molecule has 0 aromatic heterocycles. The van der Waals surface area contributed by atoms with Gasteiger partial charge in [0.05, 0.1) is 25.5 Å². The minimum Gasteiger partial charge on any atom is -0.336 e. The summed E-state index contributed by atoms with van der Waals surface area (Å²) in [5, 5.41) is 2.34. The maximum absolute atomic E-state index is 13.3. The van der Waals surface area contributed by atoms with E-state index in [4.69, 9.17) is 11.6 Å². The van der Waals surface area contributed by atoms with Crippen LogP contribution in [0.15, 0.2) is 59.5 Å². The van der Waals surface area contributed by atoms with Crippen molar-refractivity contribution in [1.29, 1.82) is 0 Å². The first-order valence-corrected chi connectivity index (χ1v) is 13.4. The van der Waals surface area contributed by atoms with E-state index in [2.05, 4.69) is 20.2 Å². The molecule has 0 atom stereocenters. The van der Waals surface area contributed by atoms with Gasteiger partial charge in [0.15, 0.2) is 0 Å². The van der Waals surface area contributed by atoms with Crippen molar-refractivity contribution in [2.75, 3.05) is 46.8 Å². The molecule has 0 bridgehead atoms. The van der Waals surface area contributed by atoms with Crippen molar-refractivity contribution in [3.05, 3.63) is 76.3 Å². The van der Waals surface area contributed by atoms with Crippen molar-refractivity contribution in [3.63, 3.8) is 0 Å². The summed E-state index contributed by atoms with van der Waals surface area (Å²) in [6.07, 6.45) is 0.966. The highest BCUT2D eigenvalue weighted by Crippen LogP contribution is 2.26. The molecule has 0 saturated carbocycles. The van der Waals surface area contributed by atoms with Gasteiger partial charge in [0.25, 0.3) is 5.91 Å². The molecule has 0 radical (unpaired) electrons. The molecular weight excluding hydrogens is 470 g/mol. The van der Waals surface area contributed by atoms with E-state index in [1.54, 1.807) is 29.2 Å². The average molecular weight is 499 g/mol. The van der Waals surface area contributed by atoms with Crippen LogP contribution in [0, 0.1) is 0 Å². The smallest absolute Gasteiger partial charge is 0.253 e. The normalized spacial score (nSPS) is 18.6. The number of quaternary nitrogens is 1. The largest absolute Gasteiger partial charge is 0.336 e. The second kappa shape index (κ2) is 8.64. The van der Waals surface area contributed by atoms with Crippen LogP contribution in [-0.2, 0) is 23.0 Å². The number of fused-ring (bicyclic) bond motifs is 2. The predicted molar refractivity (Wildman–Crippen MR) is 134 cm³/mol. The van der Waals surface area contributed by atoms with Crippen molar-refractivity contribution in [2.24, 2.45) is 0 Å². The molecule has 0 unspecified atom stereocenters. The number of benzene rings is 3. The van der Waals surface area contributed by atoms with E-state index in [0.717, 1.165) is 34.8 Å². The monoisotopic (exact) mass is 498 g/mol. The molecule has 3 aromatic carbocycles. The number of likely N-dealkylation sites (N-methyl/N-ethyl adjacent to an activating group) is 1. The lowest BCUT2D eigenvalue weighted by atomic mass is 9.96. The Bertz CT molecular complexity index is 1380. The Labute approximate surface area is 206 Å². The lowest BCUT2D eigenvalue weighted by molar-refractivity contribution is -0.905. The number of hydrogen-bond donors (Lipinski definition) is 0. The minimum absolute atomic E-state index is 0.0262. The van der Waals surface area contributed by atoms with Gasteiger partial charge in [-0.3, -0.25) is 4.79 Å². The second-order valence-electron chi connectivity index (χ2n) is 9.90. The molecule has 2 aliphatic rings. The molecule has 1 fully saturated rings. The van der Waals surface area contributed by atoms with Gasteiger partial charge in [0, 0.05) is 48.7 Å². The molecule has 3 aromatic rings. The lowest BCUT2D eigenvalue weighted by Crippen LogP contribution is -2.50. The van der Waals surface area contributed by atoms with Crippen LogP contribution in [0.1, 0.15) is 21.5 Å². The van der Waals surface area contributed by atoms with Crippen molar-refractivity contribution < 1.29 is 17.7 Å². The van der Waals surface area contributed by atoms with Crippen LogP contribution < -0.4 is 0 Å². The fraction of sp³-hybridized carbons (Fsp3) is 0.346. The molecule has 2 heterocycles. The predicted octanol–water partition coefficient (Wildman–Crippen LogP) is 3.77. The lowest BCUT2D eigenvalue weighted by Gasteiger charge is -2.36. The summed E-state index contributed by atoms with van der Waals surface area (Å²) in [4.78, 5) is 15.2. The highest BCUT2D eigenvalue weighted by molar-refractivity contribution is 7.89. The minimum atomic E-state index is -3.64. The van der Waals surface area contributed by atoms with Crippen LogP contribution in [0.3, 0.4) is 0 Å². The molecule has 1 saturated heterocycles. The summed E-state index contributed by atoms with van der Waals surface area (Å²) < 4.78 is 28.9. The molecule has 0 spiro atoms. The SMILES string of the molecule is C[N+]1(C)CCc2cc(C(=O)N3CCN(S(=O)(=O)c4ccc5cc(Cl)ccc5c4)CC3)ccc2C1. The molecule has 2 aliphatic heterocycles. The average Bonchev–Trinajstić information content (AvgIpc) is 2.82.